The predicted molar refractivity (Wildman–Crippen MR) is 117 cm³/mol. The molecule has 0 fully saturated rings. The smallest absolute Gasteiger partial charge is 0.0463 e. The molecule has 0 heterocycles. The average molecular weight is 361 g/mol. The third-order valence-electron chi connectivity index (χ3n) is 6.32. The van der Waals surface area contributed by atoms with Crippen molar-refractivity contribution in [3.05, 3.63) is 143 Å². The van der Waals surface area contributed by atoms with Gasteiger partial charge in [-0.05, 0) is 41.2 Å². The molecule has 0 spiro atoms. The molecule has 1 aliphatic carbocycles. The largest absolute Gasteiger partial charge is 0.0622 e. The van der Waals surface area contributed by atoms with Gasteiger partial charge in [-0.15, -0.1) is 0 Å². The first-order chi connectivity index (χ1) is 13.8. The van der Waals surface area contributed by atoms with Gasteiger partial charge in [-0.1, -0.05) is 115 Å². The molecule has 0 N–H and O–H groups in total. The second-order valence-corrected chi connectivity index (χ2v) is 7.89. The summed E-state index contributed by atoms with van der Waals surface area (Å²) in [6.45, 7) is 2.16. The van der Waals surface area contributed by atoms with Gasteiger partial charge in [-0.3, -0.25) is 0 Å². The van der Waals surface area contributed by atoms with E-state index in [-0.39, 0.29) is 5.41 Å². The molecule has 4 aromatic rings. The van der Waals surface area contributed by atoms with E-state index in [9.17, 15) is 0 Å². The van der Waals surface area contributed by atoms with Crippen molar-refractivity contribution in [2.45, 2.75) is 24.7 Å². The second-order valence-electron chi connectivity index (χ2n) is 7.89. The Kier molecular flexibility index (Phi) is 4.13. The Bertz CT molecular complexity index is 1080. The van der Waals surface area contributed by atoms with Gasteiger partial charge in [0.05, 0.1) is 0 Å². The van der Waals surface area contributed by atoms with Gasteiger partial charge in [0, 0.05) is 11.3 Å². The summed E-state index contributed by atoms with van der Waals surface area (Å²) in [5.74, 6) is 0.402. The maximum absolute atomic E-state index is 2.34. The molecule has 2 unspecified atom stereocenters. The van der Waals surface area contributed by atoms with Gasteiger partial charge in [0.1, 0.15) is 0 Å². The second kappa shape index (κ2) is 6.80. The molecule has 0 saturated heterocycles. The summed E-state index contributed by atoms with van der Waals surface area (Å²) < 4.78 is 0. The van der Waals surface area contributed by atoms with Gasteiger partial charge < -0.3 is 0 Å². The van der Waals surface area contributed by atoms with Crippen molar-refractivity contribution in [1.29, 1.82) is 0 Å². The zero-order valence-corrected chi connectivity index (χ0v) is 16.2. The maximum Gasteiger partial charge on any atom is 0.0463 e. The molecule has 0 saturated carbocycles. The first-order valence-electron chi connectivity index (χ1n) is 10.1. The summed E-state index contributed by atoms with van der Waals surface area (Å²) in [6.07, 6.45) is 1.06. The van der Waals surface area contributed by atoms with Crippen LogP contribution in [0, 0.1) is 6.92 Å². The van der Waals surface area contributed by atoms with Crippen LogP contribution in [0.2, 0.25) is 0 Å². The van der Waals surface area contributed by atoms with Crippen molar-refractivity contribution >= 4 is 0 Å². The zero-order chi connectivity index (χ0) is 19.0. The van der Waals surface area contributed by atoms with E-state index in [0.717, 1.165) is 6.42 Å². The fraction of sp³-hybridized carbons (Fsp3) is 0.143. The summed E-state index contributed by atoms with van der Waals surface area (Å²) in [6, 6.07) is 40.2. The monoisotopic (exact) mass is 360 g/mol. The third-order valence-corrected chi connectivity index (χ3v) is 6.32. The summed E-state index contributed by atoms with van der Waals surface area (Å²) in [5, 5.41) is 0. The number of benzene rings is 4. The van der Waals surface area contributed by atoms with Crippen LogP contribution in [0.5, 0.6) is 0 Å². The highest BCUT2D eigenvalue weighted by Crippen LogP contribution is 2.55. The SMILES string of the molecule is Cc1ccc(C2(c3ccccc3)CC(c3ccccc3)c3ccccc32)cc1. The van der Waals surface area contributed by atoms with Crippen LogP contribution in [0.15, 0.2) is 109 Å². The Morgan fingerprint density at radius 2 is 1.18 bits per heavy atom. The summed E-state index contributed by atoms with van der Waals surface area (Å²) in [4.78, 5) is 0. The molecule has 28 heavy (non-hydrogen) atoms. The molecule has 5 rings (SSSR count). The predicted octanol–water partition coefficient (Wildman–Crippen LogP) is 6.87. The fourth-order valence-electron chi connectivity index (χ4n) is 4.97. The average Bonchev–Trinajstić information content (AvgIpc) is 3.12. The Hall–Kier alpha value is -3.12. The van der Waals surface area contributed by atoms with Gasteiger partial charge in [-0.25, -0.2) is 0 Å². The third kappa shape index (κ3) is 2.60. The minimum Gasteiger partial charge on any atom is -0.0622 e. The van der Waals surface area contributed by atoms with Crippen molar-refractivity contribution < 1.29 is 0 Å². The van der Waals surface area contributed by atoms with Crippen LogP contribution < -0.4 is 0 Å². The molecule has 0 nitrogen and oxygen atoms in total. The molecule has 1 aliphatic rings. The lowest BCUT2D eigenvalue weighted by Gasteiger charge is -2.33. The molecule has 0 aromatic heterocycles. The highest BCUT2D eigenvalue weighted by molar-refractivity contribution is 5.60. The van der Waals surface area contributed by atoms with E-state index in [2.05, 4.69) is 116 Å². The van der Waals surface area contributed by atoms with E-state index in [1.54, 1.807) is 0 Å². The number of rotatable bonds is 3. The number of hydrogen-bond donors (Lipinski definition) is 0. The topological polar surface area (TPSA) is 0 Å². The fourth-order valence-corrected chi connectivity index (χ4v) is 4.97. The van der Waals surface area contributed by atoms with Crippen LogP contribution in [0.4, 0.5) is 0 Å². The molecule has 2 atom stereocenters. The van der Waals surface area contributed by atoms with E-state index in [4.69, 9.17) is 0 Å². The lowest BCUT2D eigenvalue weighted by atomic mass is 9.69. The Labute approximate surface area is 167 Å². The summed E-state index contributed by atoms with van der Waals surface area (Å²) in [5.41, 5.74) is 8.25. The highest BCUT2D eigenvalue weighted by Gasteiger charge is 2.46. The van der Waals surface area contributed by atoms with E-state index in [1.807, 2.05) is 0 Å². The van der Waals surface area contributed by atoms with Crippen molar-refractivity contribution in [1.82, 2.24) is 0 Å². The molecule has 4 aromatic carbocycles. The van der Waals surface area contributed by atoms with E-state index in [0.29, 0.717) is 5.92 Å². The lowest BCUT2D eigenvalue weighted by molar-refractivity contribution is 0.577. The van der Waals surface area contributed by atoms with Crippen molar-refractivity contribution in [3.8, 4) is 0 Å². The minimum absolute atomic E-state index is 0.119. The Balaban J connectivity index is 1.79. The van der Waals surface area contributed by atoms with Crippen LogP contribution in [0.1, 0.15) is 45.7 Å². The van der Waals surface area contributed by atoms with Crippen LogP contribution in [-0.2, 0) is 5.41 Å². The van der Waals surface area contributed by atoms with Gasteiger partial charge in [0.25, 0.3) is 0 Å². The van der Waals surface area contributed by atoms with Crippen molar-refractivity contribution in [3.63, 3.8) is 0 Å². The molecular formula is C28H24. The van der Waals surface area contributed by atoms with Crippen molar-refractivity contribution in [2.75, 3.05) is 0 Å². The van der Waals surface area contributed by atoms with Crippen LogP contribution in [-0.4, -0.2) is 0 Å². The highest BCUT2D eigenvalue weighted by atomic mass is 14.5. The first kappa shape index (κ1) is 17.0. The summed E-state index contributed by atoms with van der Waals surface area (Å²) >= 11 is 0. The van der Waals surface area contributed by atoms with Gasteiger partial charge in [0.15, 0.2) is 0 Å². The minimum atomic E-state index is -0.119. The van der Waals surface area contributed by atoms with Crippen LogP contribution in [0.25, 0.3) is 0 Å². The Morgan fingerprint density at radius 3 is 1.89 bits per heavy atom. The number of fused-ring (bicyclic) bond motifs is 1. The normalized spacial score (nSPS) is 20.7. The molecular weight excluding hydrogens is 336 g/mol. The van der Waals surface area contributed by atoms with Crippen LogP contribution >= 0.6 is 0 Å². The number of aryl methyl sites for hydroxylation is 1. The lowest BCUT2D eigenvalue weighted by Crippen LogP contribution is -2.26. The molecule has 0 amide bonds. The van der Waals surface area contributed by atoms with E-state index >= 15 is 0 Å². The van der Waals surface area contributed by atoms with Crippen LogP contribution in [0.3, 0.4) is 0 Å². The summed E-state index contributed by atoms with van der Waals surface area (Å²) in [7, 11) is 0. The molecule has 0 radical (unpaired) electrons. The van der Waals surface area contributed by atoms with E-state index in [1.165, 1.54) is 33.4 Å². The molecule has 0 heteroatoms. The first-order valence-corrected chi connectivity index (χ1v) is 10.1. The number of hydrogen-bond acceptors (Lipinski definition) is 0. The molecule has 0 bridgehead atoms. The van der Waals surface area contributed by atoms with Gasteiger partial charge in [0.2, 0.25) is 0 Å². The molecule has 0 aliphatic heterocycles. The van der Waals surface area contributed by atoms with Gasteiger partial charge in [-0.2, -0.15) is 0 Å². The van der Waals surface area contributed by atoms with Gasteiger partial charge >= 0.3 is 0 Å². The molecule has 136 valence electrons. The zero-order valence-electron chi connectivity index (χ0n) is 16.2. The standard InChI is InChI=1S/C28H24/c1-21-16-18-24(19-17-21)28(23-12-6-3-7-13-23)20-26(22-10-4-2-5-11-22)25-14-8-9-15-27(25)28/h2-19,26H,20H2,1H3. The Morgan fingerprint density at radius 1 is 0.607 bits per heavy atom. The van der Waals surface area contributed by atoms with E-state index < -0.39 is 0 Å². The quantitative estimate of drug-likeness (QED) is 0.374. The van der Waals surface area contributed by atoms with Crippen molar-refractivity contribution in [2.24, 2.45) is 0 Å². The maximum atomic E-state index is 2.34.